The van der Waals surface area contributed by atoms with Crippen molar-refractivity contribution in [1.82, 2.24) is 4.90 Å². The molecule has 1 aliphatic heterocycles. The lowest BCUT2D eigenvalue weighted by molar-refractivity contribution is -0.124. The predicted octanol–water partition coefficient (Wildman–Crippen LogP) is 3.53. The van der Waals surface area contributed by atoms with Gasteiger partial charge >= 0.3 is 0 Å². The van der Waals surface area contributed by atoms with E-state index >= 15 is 0 Å². The van der Waals surface area contributed by atoms with Crippen molar-refractivity contribution in [2.24, 2.45) is 0 Å². The molecule has 1 heterocycles. The van der Waals surface area contributed by atoms with Crippen molar-refractivity contribution >= 4 is 38.5 Å². The average molecular weight is 450 g/mol. The molecule has 2 aromatic rings. The summed E-state index contributed by atoms with van der Waals surface area (Å²) in [5.74, 6) is 0.989. The molecular formula is C20H20BrNO6. The molecular weight excluding hydrogens is 430 g/mol. The summed E-state index contributed by atoms with van der Waals surface area (Å²) in [5.41, 5.74) is 0.328. The summed E-state index contributed by atoms with van der Waals surface area (Å²) in [7, 11) is 6.06. The van der Waals surface area contributed by atoms with Crippen molar-refractivity contribution in [1.29, 1.82) is 0 Å². The maximum Gasteiger partial charge on any atom is 0.267 e. The number of ether oxygens (including phenoxy) is 4. The molecule has 1 aliphatic rings. The number of benzene rings is 2. The summed E-state index contributed by atoms with van der Waals surface area (Å²) in [6.45, 7) is 0.322. The molecule has 0 saturated carbocycles. The molecule has 148 valence electrons. The summed E-state index contributed by atoms with van der Waals surface area (Å²) < 4.78 is 22.3. The van der Waals surface area contributed by atoms with Gasteiger partial charge in [0.15, 0.2) is 11.5 Å². The highest BCUT2D eigenvalue weighted by Crippen LogP contribution is 2.47. The SMILES string of the molecule is COc1cc2cc(C(=O)N3CCC=C(Br)C3=O)cc(OC)c2c(OC)c1OC. The van der Waals surface area contributed by atoms with Crippen LogP contribution in [0.25, 0.3) is 10.8 Å². The highest BCUT2D eigenvalue weighted by Gasteiger charge is 2.28. The molecule has 0 atom stereocenters. The quantitative estimate of drug-likeness (QED) is 0.650. The third kappa shape index (κ3) is 3.28. The summed E-state index contributed by atoms with van der Waals surface area (Å²) in [5, 5.41) is 1.31. The fraction of sp³-hybridized carbons (Fsp3) is 0.300. The molecule has 0 aliphatic carbocycles. The minimum absolute atomic E-state index is 0.322. The highest BCUT2D eigenvalue weighted by molar-refractivity contribution is 9.12. The maximum absolute atomic E-state index is 13.0. The number of nitrogens with zero attached hydrogens (tertiary/aromatic N) is 1. The average Bonchev–Trinajstić information content (AvgIpc) is 2.72. The standard InChI is InChI=1S/C20H20BrNO6/c1-25-14-10-12(19(23)22-7-5-6-13(21)20(22)24)8-11-9-15(26-2)17(27-3)18(28-4)16(11)14/h6,8-10H,5,7H2,1-4H3. The van der Waals surface area contributed by atoms with Gasteiger partial charge in [-0.2, -0.15) is 0 Å². The lowest BCUT2D eigenvalue weighted by Gasteiger charge is -2.24. The first-order chi connectivity index (χ1) is 13.5. The minimum Gasteiger partial charge on any atom is -0.496 e. The summed E-state index contributed by atoms with van der Waals surface area (Å²) >= 11 is 3.20. The van der Waals surface area contributed by atoms with Crippen LogP contribution in [0.2, 0.25) is 0 Å². The Bertz CT molecular complexity index is 985. The van der Waals surface area contributed by atoms with Crippen LogP contribution in [-0.4, -0.2) is 51.7 Å². The molecule has 0 fully saturated rings. The molecule has 2 amide bonds. The van der Waals surface area contributed by atoms with Crippen LogP contribution in [0.5, 0.6) is 23.0 Å². The Morgan fingerprint density at radius 2 is 1.64 bits per heavy atom. The van der Waals surface area contributed by atoms with E-state index in [1.165, 1.54) is 33.3 Å². The van der Waals surface area contributed by atoms with Crippen molar-refractivity contribution in [3.8, 4) is 23.0 Å². The zero-order valence-corrected chi connectivity index (χ0v) is 17.6. The van der Waals surface area contributed by atoms with Gasteiger partial charge in [0.25, 0.3) is 11.8 Å². The van der Waals surface area contributed by atoms with E-state index in [1.807, 2.05) is 0 Å². The number of rotatable bonds is 5. The highest BCUT2D eigenvalue weighted by atomic mass is 79.9. The van der Waals surface area contributed by atoms with Crippen molar-refractivity contribution in [2.75, 3.05) is 35.0 Å². The molecule has 2 aromatic carbocycles. The first-order valence-electron chi connectivity index (χ1n) is 8.49. The Kier molecular flexibility index (Phi) is 5.79. The second-order valence-electron chi connectivity index (χ2n) is 6.02. The molecule has 0 N–H and O–H groups in total. The van der Waals surface area contributed by atoms with E-state index in [2.05, 4.69) is 15.9 Å². The summed E-state index contributed by atoms with van der Waals surface area (Å²) in [4.78, 5) is 26.6. The maximum atomic E-state index is 13.0. The van der Waals surface area contributed by atoms with Crippen molar-refractivity contribution in [3.63, 3.8) is 0 Å². The first-order valence-corrected chi connectivity index (χ1v) is 9.28. The zero-order valence-electron chi connectivity index (χ0n) is 16.0. The Balaban J connectivity index is 2.20. The van der Waals surface area contributed by atoms with Gasteiger partial charge in [0, 0.05) is 12.1 Å². The summed E-state index contributed by atoms with van der Waals surface area (Å²) in [6, 6.07) is 5.02. The molecule has 0 bridgehead atoms. The number of hydrogen-bond acceptors (Lipinski definition) is 6. The van der Waals surface area contributed by atoms with Gasteiger partial charge in [0.1, 0.15) is 5.75 Å². The number of fused-ring (bicyclic) bond motifs is 1. The Hall–Kier alpha value is -2.74. The largest absolute Gasteiger partial charge is 0.496 e. The topological polar surface area (TPSA) is 74.3 Å². The monoisotopic (exact) mass is 449 g/mol. The number of carbonyl (C=O) groups is 2. The number of amides is 2. The van der Waals surface area contributed by atoms with Crippen molar-refractivity contribution < 1.29 is 28.5 Å². The fourth-order valence-corrected chi connectivity index (χ4v) is 3.68. The Morgan fingerprint density at radius 3 is 2.25 bits per heavy atom. The Labute approximate surface area is 170 Å². The Morgan fingerprint density at radius 1 is 0.964 bits per heavy atom. The van der Waals surface area contributed by atoms with Gasteiger partial charge in [-0.05, 0) is 45.9 Å². The van der Waals surface area contributed by atoms with Crippen LogP contribution in [0.15, 0.2) is 28.8 Å². The molecule has 28 heavy (non-hydrogen) atoms. The molecule has 0 unspecified atom stereocenters. The molecule has 0 saturated heterocycles. The lowest BCUT2D eigenvalue weighted by atomic mass is 10.0. The molecule has 0 spiro atoms. The minimum atomic E-state index is -0.399. The third-order valence-electron chi connectivity index (χ3n) is 4.54. The normalized spacial score (nSPS) is 14.0. The van der Waals surface area contributed by atoms with E-state index in [4.69, 9.17) is 18.9 Å². The molecule has 8 heteroatoms. The number of imide groups is 1. The molecule has 7 nitrogen and oxygen atoms in total. The number of carbonyl (C=O) groups excluding carboxylic acids is 2. The van der Waals surface area contributed by atoms with Gasteiger partial charge in [0.05, 0.1) is 38.3 Å². The predicted molar refractivity (Wildman–Crippen MR) is 108 cm³/mol. The van der Waals surface area contributed by atoms with E-state index in [1.54, 1.807) is 24.3 Å². The van der Waals surface area contributed by atoms with E-state index in [9.17, 15) is 9.59 Å². The van der Waals surface area contributed by atoms with Crippen LogP contribution in [0.3, 0.4) is 0 Å². The van der Waals surface area contributed by atoms with Crippen LogP contribution in [0, 0.1) is 0 Å². The van der Waals surface area contributed by atoms with E-state index < -0.39 is 5.91 Å². The van der Waals surface area contributed by atoms with Gasteiger partial charge in [-0.25, -0.2) is 0 Å². The smallest absolute Gasteiger partial charge is 0.267 e. The first kappa shape index (κ1) is 20.0. The van der Waals surface area contributed by atoms with Gasteiger partial charge in [0.2, 0.25) is 5.75 Å². The second kappa shape index (κ2) is 8.10. The van der Waals surface area contributed by atoms with E-state index in [0.29, 0.717) is 56.8 Å². The summed E-state index contributed by atoms with van der Waals surface area (Å²) in [6.07, 6.45) is 2.36. The number of hydrogen-bond donors (Lipinski definition) is 0. The van der Waals surface area contributed by atoms with E-state index in [-0.39, 0.29) is 5.91 Å². The van der Waals surface area contributed by atoms with Gasteiger partial charge < -0.3 is 18.9 Å². The second-order valence-corrected chi connectivity index (χ2v) is 6.88. The molecule has 0 aromatic heterocycles. The lowest BCUT2D eigenvalue weighted by Crippen LogP contribution is -2.39. The molecule has 0 radical (unpaired) electrons. The van der Waals surface area contributed by atoms with Crippen LogP contribution in [0.1, 0.15) is 16.8 Å². The van der Waals surface area contributed by atoms with Crippen molar-refractivity contribution in [2.45, 2.75) is 6.42 Å². The van der Waals surface area contributed by atoms with Crippen LogP contribution >= 0.6 is 15.9 Å². The zero-order chi connectivity index (χ0) is 20.4. The van der Waals surface area contributed by atoms with Crippen LogP contribution in [-0.2, 0) is 4.79 Å². The molecule has 3 rings (SSSR count). The number of methoxy groups -OCH3 is 4. The number of halogens is 1. The van der Waals surface area contributed by atoms with Crippen LogP contribution in [0.4, 0.5) is 0 Å². The van der Waals surface area contributed by atoms with E-state index in [0.717, 1.165) is 0 Å². The van der Waals surface area contributed by atoms with Gasteiger partial charge in [-0.15, -0.1) is 0 Å². The third-order valence-corrected chi connectivity index (χ3v) is 5.21. The van der Waals surface area contributed by atoms with Crippen LogP contribution < -0.4 is 18.9 Å². The van der Waals surface area contributed by atoms with Gasteiger partial charge in [-0.3, -0.25) is 14.5 Å². The fourth-order valence-electron chi connectivity index (χ4n) is 3.24. The van der Waals surface area contributed by atoms with Gasteiger partial charge in [-0.1, -0.05) is 6.08 Å². The van der Waals surface area contributed by atoms with Crippen molar-refractivity contribution in [3.05, 3.63) is 34.3 Å².